The highest BCUT2D eigenvalue weighted by Gasteiger charge is 2.11. The SMILES string of the molecule is C#COC(=O)c1cccnc1CBr. The number of nitrogens with zero attached hydrogens (tertiary/aromatic N) is 1. The van der Waals surface area contributed by atoms with Crippen molar-refractivity contribution < 1.29 is 9.53 Å². The summed E-state index contributed by atoms with van der Waals surface area (Å²) in [4.78, 5) is 15.2. The van der Waals surface area contributed by atoms with Crippen molar-refractivity contribution in [1.82, 2.24) is 4.98 Å². The Morgan fingerprint density at radius 2 is 2.54 bits per heavy atom. The van der Waals surface area contributed by atoms with Gasteiger partial charge >= 0.3 is 5.97 Å². The van der Waals surface area contributed by atoms with Crippen LogP contribution in [-0.4, -0.2) is 11.0 Å². The number of esters is 1. The molecule has 1 aromatic heterocycles. The van der Waals surface area contributed by atoms with Gasteiger partial charge in [0.25, 0.3) is 0 Å². The smallest absolute Gasteiger partial charge is 0.353 e. The zero-order valence-electron chi connectivity index (χ0n) is 6.66. The lowest BCUT2D eigenvalue weighted by molar-refractivity contribution is 0.0689. The molecular formula is C9H6BrNO2. The molecule has 0 unspecified atom stereocenters. The molecule has 1 aromatic rings. The summed E-state index contributed by atoms with van der Waals surface area (Å²) in [5.74, 6) is -0.551. The fourth-order valence-electron chi connectivity index (χ4n) is 0.839. The van der Waals surface area contributed by atoms with Crippen LogP contribution in [0, 0.1) is 12.5 Å². The topological polar surface area (TPSA) is 39.2 Å². The second-order valence-corrected chi connectivity index (χ2v) is 2.70. The summed E-state index contributed by atoms with van der Waals surface area (Å²) in [5.41, 5.74) is 1.00. The molecule has 0 spiro atoms. The largest absolute Gasteiger partial charge is 0.369 e. The van der Waals surface area contributed by atoms with Gasteiger partial charge in [0.2, 0.25) is 0 Å². The lowest BCUT2D eigenvalue weighted by atomic mass is 10.2. The van der Waals surface area contributed by atoms with E-state index >= 15 is 0 Å². The van der Waals surface area contributed by atoms with E-state index in [2.05, 4.69) is 25.7 Å². The van der Waals surface area contributed by atoms with Crippen LogP contribution in [-0.2, 0) is 10.1 Å². The van der Waals surface area contributed by atoms with Crippen molar-refractivity contribution in [2.75, 3.05) is 0 Å². The third-order valence-electron chi connectivity index (χ3n) is 1.39. The third-order valence-corrected chi connectivity index (χ3v) is 1.92. The molecule has 0 radical (unpaired) electrons. The molecule has 4 heteroatoms. The van der Waals surface area contributed by atoms with E-state index in [1.54, 1.807) is 18.3 Å². The van der Waals surface area contributed by atoms with Gasteiger partial charge in [-0.3, -0.25) is 4.98 Å². The molecule has 3 nitrogen and oxygen atoms in total. The number of terminal acetylenes is 1. The normalized spacial score (nSPS) is 8.92. The molecule has 0 N–H and O–H groups in total. The van der Waals surface area contributed by atoms with Gasteiger partial charge < -0.3 is 4.74 Å². The van der Waals surface area contributed by atoms with Crippen LogP contribution in [0.3, 0.4) is 0 Å². The fraction of sp³-hybridized carbons (Fsp3) is 0.111. The van der Waals surface area contributed by atoms with Crippen molar-refractivity contribution in [1.29, 1.82) is 0 Å². The molecular weight excluding hydrogens is 234 g/mol. The average Bonchev–Trinajstić information content (AvgIpc) is 2.18. The van der Waals surface area contributed by atoms with Gasteiger partial charge in [-0.05, 0) is 12.1 Å². The Hall–Kier alpha value is -1.34. The van der Waals surface area contributed by atoms with Gasteiger partial charge in [0.1, 0.15) is 6.11 Å². The first-order chi connectivity index (χ1) is 6.29. The number of halogens is 1. The Labute approximate surface area is 84.3 Å². The number of pyridine rings is 1. The summed E-state index contributed by atoms with van der Waals surface area (Å²) in [6.07, 6.45) is 8.26. The van der Waals surface area contributed by atoms with Crippen molar-refractivity contribution in [2.45, 2.75) is 5.33 Å². The molecule has 0 bridgehead atoms. The van der Waals surface area contributed by atoms with E-state index in [0.29, 0.717) is 16.6 Å². The Kier molecular flexibility index (Phi) is 3.47. The highest BCUT2D eigenvalue weighted by molar-refractivity contribution is 9.08. The zero-order valence-corrected chi connectivity index (χ0v) is 8.24. The number of hydrogen-bond acceptors (Lipinski definition) is 3. The molecule has 1 heterocycles. The van der Waals surface area contributed by atoms with Crippen LogP contribution in [0.15, 0.2) is 18.3 Å². The molecule has 0 fully saturated rings. The van der Waals surface area contributed by atoms with Crippen LogP contribution in [0.5, 0.6) is 0 Å². The maximum atomic E-state index is 11.2. The minimum absolute atomic E-state index is 0.386. The first-order valence-corrected chi connectivity index (χ1v) is 4.58. The van der Waals surface area contributed by atoms with E-state index in [4.69, 9.17) is 6.42 Å². The van der Waals surface area contributed by atoms with Crippen LogP contribution in [0.25, 0.3) is 0 Å². The number of aromatic nitrogens is 1. The van der Waals surface area contributed by atoms with Crippen LogP contribution in [0.2, 0.25) is 0 Å². The molecule has 13 heavy (non-hydrogen) atoms. The van der Waals surface area contributed by atoms with Crippen molar-refractivity contribution in [3.8, 4) is 12.5 Å². The van der Waals surface area contributed by atoms with Crippen LogP contribution < -0.4 is 0 Å². The predicted molar refractivity (Wildman–Crippen MR) is 51.1 cm³/mol. The minimum atomic E-state index is -0.551. The molecule has 0 amide bonds. The van der Waals surface area contributed by atoms with E-state index in [9.17, 15) is 4.79 Å². The Balaban J connectivity index is 3.00. The van der Waals surface area contributed by atoms with E-state index in [1.165, 1.54) is 0 Å². The van der Waals surface area contributed by atoms with Gasteiger partial charge in [-0.1, -0.05) is 22.4 Å². The molecule has 0 aliphatic carbocycles. The number of hydrogen-bond donors (Lipinski definition) is 0. The summed E-state index contributed by atoms with van der Waals surface area (Å²) in [6.45, 7) is 0. The van der Waals surface area contributed by atoms with Gasteiger partial charge in [0, 0.05) is 11.5 Å². The van der Waals surface area contributed by atoms with Crippen molar-refractivity contribution in [3.05, 3.63) is 29.6 Å². The predicted octanol–water partition coefficient (Wildman–Crippen LogP) is 1.72. The first-order valence-electron chi connectivity index (χ1n) is 3.46. The fourth-order valence-corrected chi connectivity index (χ4v) is 1.29. The average molecular weight is 240 g/mol. The lowest BCUT2D eigenvalue weighted by Crippen LogP contribution is -2.05. The zero-order chi connectivity index (χ0) is 9.68. The number of carbonyl (C=O) groups excluding carboxylic acids is 1. The quantitative estimate of drug-likeness (QED) is 0.449. The molecule has 0 aromatic carbocycles. The van der Waals surface area contributed by atoms with E-state index < -0.39 is 5.97 Å². The monoisotopic (exact) mass is 239 g/mol. The van der Waals surface area contributed by atoms with E-state index in [1.807, 2.05) is 6.11 Å². The number of alkyl halides is 1. The minimum Gasteiger partial charge on any atom is -0.369 e. The summed E-state index contributed by atoms with van der Waals surface area (Å²) in [5, 5.41) is 0.489. The summed E-state index contributed by atoms with van der Waals surface area (Å²) in [7, 11) is 0. The Morgan fingerprint density at radius 3 is 3.15 bits per heavy atom. The standard InChI is InChI=1S/C9H6BrNO2/c1-2-13-9(12)7-4-3-5-11-8(7)6-10/h1,3-5H,6H2. The van der Waals surface area contributed by atoms with Crippen LogP contribution in [0.4, 0.5) is 0 Å². The van der Waals surface area contributed by atoms with Gasteiger partial charge in [0.15, 0.2) is 0 Å². The van der Waals surface area contributed by atoms with Gasteiger partial charge in [-0.25, -0.2) is 4.79 Å². The van der Waals surface area contributed by atoms with Crippen LogP contribution in [0.1, 0.15) is 16.1 Å². The number of carbonyl (C=O) groups is 1. The molecule has 0 aliphatic heterocycles. The summed E-state index contributed by atoms with van der Waals surface area (Å²) in [6, 6.07) is 3.27. The highest BCUT2D eigenvalue weighted by Crippen LogP contribution is 2.10. The van der Waals surface area contributed by atoms with Crippen molar-refractivity contribution >= 4 is 21.9 Å². The Morgan fingerprint density at radius 1 is 1.77 bits per heavy atom. The molecule has 0 saturated heterocycles. The lowest BCUT2D eigenvalue weighted by Gasteiger charge is -2.01. The molecule has 0 aliphatic rings. The van der Waals surface area contributed by atoms with E-state index in [-0.39, 0.29) is 0 Å². The summed E-state index contributed by atoms with van der Waals surface area (Å²) >= 11 is 3.21. The molecule has 66 valence electrons. The van der Waals surface area contributed by atoms with Crippen molar-refractivity contribution in [3.63, 3.8) is 0 Å². The third kappa shape index (κ3) is 2.30. The first kappa shape index (κ1) is 9.75. The maximum absolute atomic E-state index is 11.2. The highest BCUT2D eigenvalue weighted by atomic mass is 79.9. The van der Waals surface area contributed by atoms with Gasteiger partial charge in [0.05, 0.1) is 11.3 Å². The van der Waals surface area contributed by atoms with Crippen LogP contribution >= 0.6 is 15.9 Å². The second kappa shape index (κ2) is 4.63. The molecule has 0 saturated carbocycles. The molecule has 1 rings (SSSR count). The summed E-state index contributed by atoms with van der Waals surface area (Å²) < 4.78 is 4.40. The molecule has 0 atom stereocenters. The maximum Gasteiger partial charge on any atom is 0.353 e. The Bertz CT molecular complexity index is 357. The number of ether oxygens (including phenoxy) is 1. The van der Waals surface area contributed by atoms with Gasteiger partial charge in [-0.15, -0.1) is 0 Å². The van der Waals surface area contributed by atoms with E-state index in [0.717, 1.165) is 0 Å². The second-order valence-electron chi connectivity index (χ2n) is 2.14. The van der Waals surface area contributed by atoms with Gasteiger partial charge in [-0.2, -0.15) is 0 Å². The number of rotatable bonds is 2. The van der Waals surface area contributed by atoms with Crippen molar-refractivity contribution in [2.24, 2.45) is 0 Å².